The van der Waals surface area contributed by atoms with Crippen molar-refractivity contribution >= 4 is 34.6 Å². The van der Waals surface area contributed by atoms with Crippen molar-refractivity contribution < 1.29 is 9.59 Å². The number of carbonyl (C=O) groups is 2. The Morgan fingerprint density at radius 2 is 1.96 bits per heavy atom. The van der Waals surface area contributed by atoms with Gasteiger partial charge in [-0.25, -0.2) is 4.79 Å². The molecule has 3 N–H and O–H groups in total. The Labute approximate surface area is 158 Å². The van der Waals surface area contributed by atoms with Gasteiger partial charge in [-0.2, -0.15) is 11.3 Å². The molecular formula is C19H26N4O2S. The van der Waals surface area contributed by atoms with Gasteiger partial charge in [0.25, 0.3) is 0 Å². The van der Waals surface area contributed by atoms with E-state index in [0.29, 0.717) is 17.9 Å². The Balaban J connectivity index is 1.92. The first-order chi connectivity index (χ1) is 12.3. The molecule has 0 fully saturated rings. The van der Waals surface area contributed by atoms with Crippen LogP contribution in [-0.2, 0) is 11.2 Å². The second-order valence-electron chi connectivity index (χ2n) is 6.65. The number of thiophene rings is 1. The van der Waals surface area contributed by atoms with Gasteiger partial charge in [-0.3, -0.25) is 4.79 Å². The number of nitrogens with one attached hydrogen (secondary N) is 3. The second-order valence-corrected chi connectivity index (χ2v) is 7.43. The van der Waals surface area contributed by atoms with Crippen LogP contribution in [0.3, 0.4) is 0 Å². The smallest absolute Gasteiger partial charge is 0.319 e. The molecule has 3 amide bonds. The first-order valence-corrected chi connectivity index (χ1v) is 9.41. The summed E-state index contributed by atoms with van der Waals surface area (Å²) >= 11 is 1.65. The molecule has 0 unspecified atom stereocenters. The number of hydrogen-bond acceptors (Lipinski definition) is 4. The van der Waals surface area contributed by atoms with E-state index in [1.165, 1.54) is 5.56 Å². The third-order valence-electron chi connectivity index (χ3n) is 3.73. The lowest BCUT2D eigenvalue weighted by Gasteiger charge is -2.16. The van der Waals surface area contributed by atoms with Crippen molar-refractivity contribution in [2.24, 2.45) is 0 Å². The summed E-state index contributed by atoms with van der Waals surface area (Å²) in [5.74, 6) is -0.0934. The number of urea groups is 1. The highest BCUT2D eigenvalue weighted by Gasteiger charge is 2.11. The first-order valence-electron chi connectivity index (χ1n) is 8.47. The minimum atomic E-state index is -0.262. The topological polar surface area (TPSA) is 73.5 Å². The zero-order chi connectivity index (χ0) is 19.1. The maximum Gasteiger partial charge on any atom is 0.319 e. The third-order valence-corrected chi connectivity index (χ3v) is 4.46. The zero-order valence-corrected chi connectivity index (χ0v) is 16.4. The van der Waals surface area contributed by atoms with Crippen molar-refractivity contribution in [1.29, 1.82) is 0 Å². The summed E-state index contributed by atoms with van der Waals surface area (Å²) in [5.41, 5.74) is 3.48. The Morgan fingerprint density at radius 1 is 1.19 bits per heavy atom. The van der Waals surface area contributed by atoms with E-state index in [-0.39, 0.29) is 18.0 Å². The fourth-order valence-corrected chi connectivity index (χ4v) is 3.20. The van der Waals surface area contributed by atoms with Crippen LogP contribution in [0.25, 0.3) is 0 Å². The minimum absolute atomic E-state index is 0.0225. The minimum Gasteiger partial charge on any atom is -0.335 e. The monoisotopic (exact) mass is 374 g/mol. The summed E-state index contributed by atoms with van der Waals surface area (Å²) < 4.78 is 0. The molecule has 0 aliphatic carbocycles. The fraction of sp³-hybridized carbons (Fsp3) is 0.368. The number of rotatable bonds is 7. The van der Waals surface area contributed by atoms with Gasteiger partial charge < -0.3 is 20.9 Å². The first kappa shape index (κ1) is 19.9. The van der Waals surface area contributed by atoms with E-state index in [4.69, 9.17) is 0 Å². The van der Waals surface area contributed by atoms with Crippen LogP contribution in [-0.4, -0.2) is 43.5 Å². The van der Waals surface area contributed by atoms with Crippen molar-refractivity contribution in [3.63, 3.8) is 0 Å². The summed E-state index contributed by atoms with van der Waals surface area (Å²) in [4.78, 5) is 26.0. The van der Waals surface area contributed by atoms with Gasteiger partial charge in [-0.15, -0.1) is 0 Å². The average Bonchev–Trinajstić information content (AvgIpc) is 3.02. The van der Waals surface area contributed by atoms with Crippen LogP contribution in [0, 0.1) is 6.92 Å². The molecule has 6 nitrogen and oxygen atoms in total. The van der Waals surface area contributed by atoms with Crippen LogP contribution < -0.4 is 16.0 Å². The number of carbonyl (C=O) groups excluding carboxylic acids is 2. The second kappa shape index (κ2) is 9.35. The molecule has 26 heavy (non-hydrogen) atoms. The van der Waals surface area contributed by atoms with E-state index >= 15 is 0 Å². The van der Waals surface area contributed by atoms with Crippen molar-refractivity contribution in [2.75, 3.05) is 31.3 Å². The van der Waals surface area contributed by atoms with Crippen LogP contribution in [0.1, 0.15) is 18.1 Å². The molecule has 1 heterocycles. The summed E-state index contributed by atoms with van der Waals surface area (Å²) in [7, 11) is 3.68. The van der Waals surface area contributed by atoms with Crippen molar-refractivity contribution in [1.82, 2.24) is 10.2 Å². The molecule has 7 heteroatoms. The molecule has 1 aromatic heterocycles. The molecule has 2 aromatic rings. The Morgan fingerprint density at radius 3 is 2.62 bits per heavy atom. The number of amides is 3. The van der Waals surface area contributed by atoms with Crippen molar-refractivity contribution in [2.45, 2.75) is 26.3 Å². The maximum absolute atomic E-state index is 12.2. The molecule has 0 aliphatic rings. The predicted octanol–water partition coefficient (Wildman–Crippen LogP) is 3.31. The van der Waals surface area contributed by atoms with E-state index in [2.05, 4.69) is 27.4 Å². The third kappa shape index (κ3) is 6.50. The van der Waals surface area contributed by atoms with Crippen LogP contribution in [0.15, 0.2) is 35.0 Å². The highest BCUT2D eigenvalue weighted by Crippen LogP contribution is 2.20. The van der Waals surface area contributed by atoms with Gasteiger partial charge in [-0.1, -0.05) is 6.07 Å². The van der Waals surface area contributed by atoms with Gasteiger partial charge in [0.2, 0.25) is 5.91 Å². The van der Waals surface area contributed by atoms with E-state index in [1.807, 2.05) is 45.5 Å². The average molecular weight is 375 g/mol. The normalized spacial score (nSPS) is 11.9. The Kier molecular flexibility index (Phi) is 7.17. The summed E-state index contributed by atoms with van der Waals surface area (Å²) in [6, 6.07) is 7.28. The number of hydrogen-bond donors (Lipinski definition) is 3. The maximum atomic E-state index is 12.2. The van der Waals surface area contributed by atoms with Crippen LogP contribution in [0.4, 0.5) is 16.2 Å². The summed E-state index contributed by atoms with van der Waals surface area (Å²) in [6.07, 6.45) is 0.788. The highest BCUT2D eigenvalue weighted by molar-refractivity contribution is 7.07. The van der Waals surface area contributed by atoms with Gasteiger partial charge in [0.1, 0.15) is 0 Å². The largest absolute Gasteiger partial charge is 0.335 e. The highest BCUT2D eigenvalue weighted by atomic mass is 32.1. The SMILES string of the molecule is Cc1ccc(NC(=O)N[C@@H](C)Cc2ccsc2)cc1NC(=O)CN(C)C. The lowest BCUT2D eigenvalue weighted by molar-refractivity contribution is -0.116. The molecule has 0 bridgehead atoms. The van der Waals surface area contributed by atoms with Gasteiger partial charge in [0.05, 0.1) is 6.54 Å². The molecule has 0 saturated heterocycles. The van der Waals surface area contributed by atoms with E-state index in [1.54, 1.807) is 22.3 Å². The molecule has 2 rings (SSSR count). The molecule has 1 aromatic carbocycles. The Bertz CT molecular complexity index is 744. The fourth-order valence-electron chi connectivity index (χ4n) is 2.52. The van der Waals surface area contributed by atoms with Gasteiger partial charge in [0.15, 0.2) is 0 Å². The molecule has 0 aliphatic heterocycles. The number of benzene rings is 1. The predicted molar refractivity (Wildman–Crippen MR) is 108 cm³/mol. The molecule has 1 atom stereocenters. The van der Waals surface area contributed by atoms with Crippen LogP contribution in [0.5, 0.6) is 0 Å². The quantitative estimate of drug-likeness (QED) is 0.696. The number of likely N-dealkylation sites (N-methyl/N-ethyl adjacent to an activating group) is 1. The molecule has 140 valence electrons. The van der Waals surface area contributed by atoms with Gasteiger partial charge in [-0.05, 0) is 74.4 Å². The molecule has 0 saturated carbocycles. The zero-order valence-electron chi connectivity index (χ0n) is 15.6. The van der Waals surface area contributed by atoms with E-state index in [9.17, 15) is 9.59 Å². The van der Waals surface area contributed by atoms with E-state index in [0.717, 1.165) is 12.0 Å². The van der Waals surface area contributed by atoms with Crippen molar-refractivity contribution in [3.05, 3.63) is 46.2 Å². The number of nitrogens with zero attached hydrogens (tertiary/aromatic N) is 1. The van der Waals surface area contributed by atoms with Gasteiger partial charge >= 0.3 is 6.03 Å². The number of aryl methyl sites for hydroxylation is 1. The van der Waals surface area contributed by atoms with Crippen LogP contribution >= 0.6 is 11.3 Å². The van der Waals surface area contributed by atoms with Crippen molar-refractivity contribution in [3.8, 4) is 0 Å². The molecule has 0 spiro atoms. The van der Waals surface area contributed by atoms with E-state index < -0.39 is 0 Å². The lowest BCUT2D eigenvalue weighted by Crippen LogP contribution is -2.37. The number of anilines is 2. The Hall–Kier alpha value is -2.38. The standard InChI is InChI=1S/C19H26N4O2S/c1-13-5-6-16(10-17(13)22-18(24)11-23(3)4)21-19(25)20-14(2)9-15-7-8-26-12-15/h5-8,10,12,14H,9,11H2,1-4H3,(H,22,24)(H2,20,21,25)/t14-/m0/s1. The molecular weight excluding hydrogens is 348 g/mol. The van der Waals surface area contributed by atoms with Gasteiger partial charge in [0, 0.05) is 17.4 Å². The summed E-state index contributed by atoms with van der Waals surface area (Å²) in [5, 5.41) is 12.7. The summed E-state index contributed by atoms with van der Waals surface area (Å²) in [6.45, 7) is 4.19. The lowest BCUT2D eigenvalue weighted by atomic mass is 10.1. The van der Waals surface area contributed by atoms with Crippen LogP contribution in [0.2, 0.25) is 0 Å². The molecule has 0 radical (unpaired) electrons.